The maximum atomic E-state index is 15.0. The molecule has 2 unspecified atom stereocenters. The maximum absolute atomic E-state index is 15.0. The van der Waals surface area contributed by atoms with Crippen molar-refractivity contribution in [2.45, 2.75) is 24.9 Å². The van der Waals surface area contributed by atoms with Gasteiger partial charge in [-0.25, -0.2) is 14.2 Å². The van der Waals surface area contributed by atoms with E-state index in [-0.39, 0.29) is 22.6 Å². The number of hydrogen-bond acceptors (Lipinski definition) is 9. The van der Waals surface area contributed by atoms with Crippen LogP contribution in [0.3, 0.4) is 0 Å². The normalized spacial score (nSPS) is 15.4. The zero-order valence-corrected chi connectivity index (χ0v) is 21.7. The Bertz CT molecular complexity index is 1460. The summed E-state index contributed by atoms with van der Waals surface area (Å²) in [5, 5.41) is 4.11. The molecule has 2 atom stereocenters. The SMILES string of the molecule is COC(=O)C(Cc1ccc(Oc2ccc(/C=C3/SC(=O)NC3=O)cc2)c(F)c1F)NC(=O)C(N)Cc1cnc[nH]1. The van der Waals surface area contributed by atoms with Gasteiger partial charge in [0, 0.05) is 24.7 Å². The van der Waals surface area contributed by atoms with Crippen molar-refractivity contribution in [3.05, 3.63) is 82.3 Å². The van der Waals surface area contributed by atoms with Crippen molar-refractivity contribution < 1.29 is 37.4 Å². The monoisotopic (exact) mass is 571 g/mol. The molecule has 1 saturated heterocycles. The largest absolute Gasteiger partial charge is 0.467 e. The molecule has 40 heavy (non-hydrogen) atoms. The second-order valence-electron chi connectivity index (χ2n) is 8.55. The summed E-state index contributed by atoms with van der Waals surface area (Å²) in [6.45, 7) is 0. The molecule has 14 heteroatoms. The number of esters is 1. The first-order valence-electron chi connectivity index (χ1n) is 11.7. The molecule has 1 aliphatic rings. The summed E-state index contributed by atoms with van der Waals surface area (Å²) < 4.78 is 40.0. The topological polar surface area (TPSA) is 165 Å². The number of methoxy groups -OCH3 is 1. The second kappa shape index (κ2) is 12.5. The number of ether oxygens (including phenoxy) is 2. The number of benzene rings is 2. The number of nitrogens with zero attached hydrogens (tertiary/aromatic N) is 1. The number of hydrogen-bond donors (Lipinski definition) is 4. The number of thioether (sulfide) groups is 1. The molecule has 1 fully saturated rings. The molecular weight excluding hydrogens is 548 g/mol. The van der Waals surface area contributed by atoms with Crippen LogP contribution in [-0.2, 0) is 32.0 Å². The Hall–Kier alpha value is -4.56. The number of H-pyrrole nitrogens is 1. The number of halogens is 2. The summed E-state index contributed by atoms with van der Waals surface area (Å²) in [6, 6.07) is 6.15. The number of carbonyl (C=O) groups excluding carboxylic acids is 4. The van der Waals surface area contributed by atoms with E-state index in [1.807, 2.05) is 0 Å². The fourth-order valence-electron chi connectivity index (χ4n) is 3.70. The number of aromatic amines is 1. The molecule has 0 spiro atoms. The zero-order chi connectivity index (χ0) is 28.8. The van der Waals surface area contributed by atoms with Gasteiger partial charge in [0.2, 0.25) is 11.7 Å². The highest BCUT2D eigenvalue weighted by molar-refractivity contribution is 8.18. The molecule has 0 bridgehead atoms. The molecule has 11 nitrogen and oxygen atoms in total. The average Bonchev–Trinajstić information content (AvgIpc) is 3.56. The van der Waals surface area contributed by atoms with Gasteiger partial charge in [-0.3, -0.25) is 19.7 Å². The highest BCUT2D eigenvalue weighted by Gasteiger charge is 2.28. The van der Waals surface area contributed by atoms with E-state index in [0.717, 1.165) is 18.9 Å². The van der Waals surface area contributed by atoms with Gasteiger partial charge in [-0.05, 0) is 47.2 Å². The van der Waals surface area contributed by atoms with Gasteiger partial charge in [0.15, 0.2) is 11.6 Å². The highest BCUT2D eigenvalue weighted by Crippen LogP contribution is 2.30. The Kier molecular flexibility index (Phi) is 8.91. The molecule has 1 aromatic heterocycles. The van der Waals surface area contributed by atoms with Gasteiger partial charge >= 0.3 is 5.97 Å². The van der Waals surface area contributed by atoms with Crippen LogP contribution < -0.4 is 21.1 Å². The lowest BCUT2D eigenvalue weighted by Crippen LogP contribution is -2.50. The van der Waals surface area contributed by atoms with E-state index in [1.165, 1.54) is 42.9 Å². The summed E-state index contributed by atoms with van der Waals surface area (Å²) in [5.41, 5.74) is 6.89. The third kappa shape index (κ3) is 6.90. The molecule has 2 aromatic carbocycles. The summed E-state index contributed by atoms with van der Waals surface area (Å²) >= 11 is 0.769. The van der Waals surface area contributed by atoms with E-state index in [1.54, 1.807) is 12.1 Å². The van der Waals surface area contributed by atoms with Gasteiger partial charge in [-0.2, -0.15) is 4.39 Å². The van der Waals surface area contributed by atoms with Crippen LogP contribution >= 0.6 is 11.8 Å². The van der Waals surface area contributed by atoms with Crippen molar-refractivity contribution in [2.24, 2.45) is 5.73 Å². The highest BCUT2D eigenvalue weighted by atomic mass is 32.2. The number of imide groups is 1. The summed E-state index contributed by atoms with van der Waals surface area (Å²) in [4.78, 5) is 54.7. The van der Waals surface area contributed by atoms with Crippen LogP contribution in [0.1, 0.15) is 16.8 Å². The molecule has 0 aliphatic carbocycles. The van der Waals surface area contributed by atoms with E-state index in [9.17, 15) is 28.0 Å². The van der Waals surface area contributed by atoms with Gasteiger partial charge in [0.05, 0.1) is 24.4 Å². The molecule has 2 heterocycles. The second-order valence-corrected chi connectivity index (χ2v) is 9.56. The van der Waals surface area contributed by atoms with E-state index < -0.39 is 58.9 Å². The average molecular weight is 572 g/mol. The zero-order valence-electron chi connectivity index (χ0n) is 20.9. The van der Waals surface area contributed by atoms with Gasteiger partial charge in [0.1, 0.15) is 11.8 Å². The van der Waals surface area contributed by atoms with Crippen LogP contribution in [0.15, 0.2) is 53.8 Å². The summed E-state index contributed by atoms with van der Waals surface area (Å²) in [6.07, 6.45) is 4.13. The number of carbonyl (C=O) groups is 4. The van der Waals surface area contributed by atoms with Crippen LogP contribution in [0.25, 0.3) is 6.08 Å². The fraction of sp³-hybridized carbons (Fsp3) is 0.192. The number of imidazole rings is 1. The lowest BCUT2D eigenvalue weighted by atomic mass is 10.0. The molecule has 0 radical (unpaired) electrons. The number of aromatic nitrogens is 2. The first-order valence-corrected chi connectivity index (χ1v) is 12.6. The van der Waals surface area contributed by atoms with Crippen molar-refractivity contribution in [1.29, 1.82) is 0 Å². The Balaban J connectivity index is 1.43. The third-order valence-electron chi connectivity index (χ3n) is 5.73. The molecule has 1 aliphatic heterocycles. The standard InChI is InChI=1S/C26H23F2N5O6S/c1-38-25(36)18(32-23(34)17(29)10-15-11-30-12-31-15)9-14-4-7-19(22(28)21(14)27)39-16-5-2-13(3-6-16)8-20-24(35)33-26(37)40-20/h2-8,11-12,17-18H,9-10,29H2,1H3,(H,30,31)(H,32,34)(H,33,35,37)/b20-8+. The summed E-state index contributed by atoms with van der Waals surface area (Å²) in [7, 11) is 1.10. The lowest BCUT2D eigenvalue weighted by Gasteiger charge is -2.20. The molecule has 4 rings (SSSR count). The minimum Gasteiger partial charge on any atom is -0.467 e. The Morgan fingerprint density at radius 3 is 2.50 bits per heavy atom. The lowest BCUT2D eigenvalue weighted by molar-refractivity contribution is -0.145. The van der Waals surface area contributed by atoms with Crippen LogP contribution in [-0.4, -0.2) is 52.2 Å². The predicted octanol–water partition coefficient (Wildman–Crippen LogP) is 2.57. The molecule has 3 aromatic rings. The van der Waals surface area contributed by atoms with Gasteiger partial charge in [0.25, 0.3) is 11.1 Å². The van der Waals surface area contributed by atoms with E-state index in [2.05, 4.69) is 20.6 Å². The van der Waals surface area contributed by atoms with E-state index >= 15 is 0 Å². The van der Waals surface area contributed by atoms with Crippen molar-refractivity contribution in [3.63, 3.8) is 0 Å². The van der Waals surface area contributed by atoms with Crippen molar-refractivity contribution >= 4 is 40.9 Å². The number of nitrogens with one attached hydrogen (secondary N) is 3. The number of amides is 3. The quantitative estimate of drug-likeness (QED) is 0.211. The maximum Gasteiger partial charge on any atom is 0.328 e. The van der Waals surface area contributed by atoms with Crippen LogP contribution in [0.5, 0.6) is 11.5 Å². The third-order valence-corrected chi connectivity index (χ3v) is 6.54. The van der Waals surface area contributed by atoms with Crippen LogP contribution in [0.2, 0.25) is 0 Å². The minimum absolute atomic E-state index is 0.112. The Labute approximate surface area is 230 Å². The van der Waals surface area contributed by atoms with Crippen LogP contribution in [0, 0.1) is 11.6 Å². The number of nitrogens with two attached hydrogens (primary N) is 1. The van der Waals surface area contributed by atoms with Crippen molar-refractivity contribution in [2.75, 3.05) is 7.11 Å². The molecule has 3 amide bonds. The van der Waals surface area contributed by atoms with Crippen LogP contribution in [0.4, 0.5) is 13.6 Å². The molecular formula is C26H23F2N5O6S. The molecule has 0 saturated carbocycles. The first kappa shape index (κ1) is 28.4. The summed E-state index contributed by atoms with van der Waals surface area (Å²) in [5.74, 6) is -4.86. The van der Waals surface area contributed by atoms with Crippen molar-refractivity contribution in [3.8, 4) is 11.5 Å². The van der Waals surface area contributed by atoms with E-state index in [4.69, 9.17) is 15.2 Å². The fourth-order valence-corrected chi connectivity index (χ4v) is 4.38. The number of rotatable bonds is 10. The molecule has 5 N–H and O–H groups in total. The predicted molar refractivity (Wildman–Crippen MR) is 140 cm³/mol. The van der Waals surface area contributed by atoms with Gasteiger partial charge < -0.3 is 25.5 Å². The Morgan fingerprint density at radius 2 is 1.88 bits per heavy atom. The minimum atomic E-state index is -1.33. The van der Waals surface area contributed by atoms with Gasteiger partial charge in [-0.1, -0.05) is 18.2 Å². The molecule has 208 valence electrons. The van der Waals surface area contributed by atoms with Gasteiger partial charge in [-0.15, -0.1) is 0 Å². The Morgan fingerprint density at radius 1 is 1.12 bits per heavy atom. The van der Waals surface area contributed by atoms with Crippen molar-refractivity contribution in [1.82, 2.24) is 20.6 Å². The first-order chi connectivity index (χ1) is 19.1. The van der Waals surface area contributed by atoms with E-state index in [0.29, 0.717) is 11.3 Å². The smallest absolute Gasteiger partial charge is 0.328 e.